The van der Waals surface area contributed by atoms with Crippen LogP contribution in [0.4, 0.5) is 6.01 Å². The molecule has 118 valence electrons. The van der Waals surface area contributed by atoms with Crippen molar-refractivity contribution in [1.29, 1.82) is 0 Å². The molecule has 0 N–H and O–H groups in total. The van der Waals surface area contributed by atoms with Crippen LogP contribution < -0.4 is 9.64 Å². The molecule has 1 aromatic carbocycles. The first-order valence-corrected chi connectivity index (χ1v) is 7.99. The Morgan fingerprint density at radius 2 is 2.13 bits per heavy atom. The molecule has 6 heteroatoms. The van der Waals surface area contributed by atoms with Crippen LogP contribution in [0.1, 0.15) is 6.42 Å². The third-order valence-electron chi connectivity index (χ3n) is 4.03. The van der Waals surface area contributed by atoms with Gasteiger partial charge in [0, 0.05) is 42.5 Å². The van der Waals surface area contributed by atoms with Crippen molar-refractivity contribution >= 4 is 28.7 Å². The van der Waals surface area contributed by atoms with Crippen molar-refractivity contribution in [1.82, 2.24) is 9.97 Å². The Balaban J connectivity index is 1.41. The van der Waals surface area contributed by atoms with Gasteiger partial charge in [-0.2, -0.15) is 4.98 Å². The van der Waals surface area contributed by atoms with Gasteiger partial charge in [-0.15, -0.1) is 0 Å². The molecule has 1 atom stereocenters. The number of oxazole rings is 1. The molecular weight excluding hydrogens is 314 g/mol. The maximum absolute atomic E-state index is 5.99. The molecule has 1 saturated heterocycles. The van der Waals surface area contributed by atoms with Crippen LogP contribution in [0.3, 0.4) is 0 Å². The molecule has 23 heavy (non-hydrogen) atoms. The second-order valence-electron chi connectivity index (χ2n) is 5.70. The SMILES string of the molecule is Clc1ccc2nc(N3CCC(COc4ccncc4)C3)oc2c1. The van der Waals surface area contributed by atoms with Crippen molar-refractivity contribution in [3.63, 3.8) is 0 Å². The van der Waals surface area contributed by atoms with Gasteiger partial charge in [0.1, 0.15) is 11.3 Å². The molecule has 0 bridgehead atoms. The monoisotopic (exact) mass is 329 g/mol. The number of pyridine rings is 1. The van der Waals surface area contributed by atoms with Gasteiger partial charge in [0.05, 0.1) is 6.61 Å². The van der Waals surface area contributed by atoms with Crippen molar-refractivity contribution < 1.29 is 9.15 Å². The average Bonchev–Trinajstić information content (AvgIpc) is 3.20. The first-order valence-electron chi connectivity index (χ1n) is 7.62. The number of halogens is 1. The van der Waals surface area contributed by atoms with E-state index in [2.05, 4.69) is 14.9 Å². The summed E-state index contributed by atoms with van der Waals surface area (Å²) in [7, 11) is 0. The number of nitrogens with zero attached hydrogens (tertiary/aromatic N) is 3. The fraction of sp³-hybridized carbons (Fsp3) is 0.294. The van der Waals surface area contributed by atoms with Crippen LogP contribution in [0, 0.1) is 5.92 Å². The van der Waals surface area contributed by atoms with Gasteiger partial charge in [0.15, 0.2) is 5.58 Å². The maximum atomic E-state index is 5.99. The van der Waals surface area contributed by atoms with Gasteiger partial charge in [0.2, 0.25) is 0 Å². The van der Waals surface area contributed by atoms with Gasteiger partial charge in [-0.25, -0.2) is 0 Å². The highest BCUT2D eigenvalue weighted by atomic mass is 35.5. The van der Waals surface area contributed by atoms with Gasteiger partial charge >= 0.3 is 0 Å². The third kappa shape index (κ3) is 3.10. The molecule has 0 spiro atoms. The molecule has 2 aromatic heterocycles. The number of anilines is 1. The largest absolute Gasteiger partial charge is 0.493 e. The number of hydrogen-bond donors (Lipinski definition) is 0. The zero-order valence-electron chi connectivity index (χ0n) is 12.5. The number of fused-ring (bicyclic) bond motifs is 1. The minimum Gasteiger partial charge on any atom is -0.493 e. The van der Waals surface area contributed by atoms with Gasteiger partial charge in [-0.3, -0.25) is 4.98 Å². The Hall–Kier alpha value is -2.27. The Kier molecular flexibility index (Phi) is 3.79. The highest BCUT2D eigenvalue weighted by Gasteiger charge is 2.26. The number of rotatable bonds is 4. The van der Waals surface area contributed by atoms with Crippen LogP contribution in [-0.4, -0.2) is 29.7 Å². The van der Waals surface area contributed by atoms with E-state index in [1.165, 1.54) is 0 Å². The second kappa shape index (κ2) is 6.08. The molecule has 4 rings (SSSR count). The predicted molar refractivity (Wildman–Crippen MR) is 89.1 cm³/mol. The van der Waals surface area contributed by atoms with Crippen LogP contribution in [0.25, 0.3) is 11.1 Å². The lowest BCUT2D eigenvalue weighted by Gasteiger charge is -2.14. The van der Waals surface area contributed by atoms with E-state index < -0.39 is 0 Å². The molecule has 0 radical (unpaired) electrons. The summed E-state index contributed by atoms with van der Waals surface area (Å²) < 4.78 is 11.6. The fourth-order valence-corrected chi connectivity index (χ4v) is 2.97. The zero-order valence-corrected chi connectivity index (χ0v) is 13.2. The Bertz CT molecular complexity index is 806. The van der Waals surface area contributed by atoms with Gasteiger partial charge in [0.25, 0.3) is 6.01 Å². The standard InChI is InChI=1S/C17H16ClN3O2/c18-13-1-2-15-16(9-13)23-17(20-15)21-8-5-12(10-21)11-22-14-3-6-19-7-4-14/h1-4,6-7,9,12H,5,8,10-11H2. The van der Waals surface area contributed by atoms with Crippen LogP contribution in [-0.2, 0) is 0 Å². The van der Waals surface area contributed by atoms with Crippen LogP contribution in [0.2, 0.25) is 5.02 Å². The van der Waals surface area contributed by atoms with E-state index in [1.807, 2.05) is 24.3 Å². The smallest absolute Gasteiger partial charge is 0.298 e. The Labute approximate surface area is 138 Å². The van der Waals surface area contributed by atoms with E-state index in [0.29, 0.717) is 23.6 Å². The lowest BCUT2D eigenvalue weighted by atomic mass is 10.1. The number of hydrogen-bond acceptors (Lipinski definition) is 5. The topological polar surface area (TPSA) is 51.4 Å². The van der Waals surface area contributed by atoms with Crippen LogP contribution in [0.5, 0.6) is 5.75 Å². The molecular formula is C17H16ClN3O2. The van der Waals surface area contributed by atoms with E-state index in [9.17, 15) is 0 Å². The van der Waals surface area contributed by atoms with E-state index >= 15 is 0 Å². The minimum atomic E-state index is 0.460. The molecule has 1 aliphatic rings. The van der Waals surface area contributed by atoms with Crippen LogP contribution in [0.15, 0.2) is 47.1 Å². The summed E-state index contributed by atoms with van der Waals surface area (Å²) in [6, 6.07) is 9.91. The first-order chi connectivity index (χ1) is 11.3. The molecule has 1 fully saturated rings. The quantitative estimate of drug-likeness (QED) is 0.729. The lowest BCUT2D eigenvalue weighted by Crippen LogP contribution is -2.22. The molecule has 0 aliphatic carbocycles. The summed E-state index contributed by atoms with van der Waals surface area (Å²) in [5, 5.41) is 0.658. The first kappa shape index (κ1) is 14.3. The summed E-state index contributed by atoms with van der Waals surface area (Å²) in [5.41, 5.74) is 1.56. The van der Waals surface area contributed by atoms with Gasteiger partial charge < -0.3 is 14.1 Å². The summed E-state index contributed by atoms with van der Waals surface area (Å²) in [5.74, 6) is 1.32. The van der Waals surface area contributed by atoms with Crippen molar-refractivity contribution in [2.45, 2.75) is 6.42 Å². The molecule has 3 heterocycles. The molecule has 1 aliphatic heterocycles. The summed E-state index contributed by atoms with van der Waals surface area (Å²) >= 11 is 5.99. The van der Waals surface area contributed by atoms with Crippen molar-refractivity contribution in [3.05, 3.63) is 47.7 Å². The average molecular weight is 330 g/mol. The van der Waals surface area contributed by atoms with E-state index in [4.69, 9.17) is 20.8 Å². The molecule has 3 aromatic rings. The fourth-order valence-electron chi connectivity index (χ4n) is 2.81. The molecule has 5 nitrogen and oxygen atoms in total. The van der Waals surface area contributed by atoms with E-state index in [-0.39, 0.29) is 0 Å². The van der Waals surface area contributed by atoms with Gasteiger partial charge in [-0.05, 0) is 30.7 Å². The normalized spacial score (nSPS) is 17.8. The summed E-state index contributed by atoms with van der Waals surface area (Å²) in [6.45, 7) is 2.49. The van der Waals surface area contributed by atoms with Crippen molar-refractivity contribution in [3.8, 4) is 5.75 Å². The molecule has 0 amide bonds. The second-order valence-corrected chi connectivity index (χ2v) is 6.14. The maximum Gasteiger partial charge on any atom is 0.298 e. The van der Waals surface area contributed by atoms with Gasteiger partial charge in [-0.1, -0.05) is 11.6 Å². The molecule has 0 saturated carbocycles. The summed E-state index contributed by atoms with van der Waals surface area (Å²) in [4.78, 5) is 10.7. The lowest BCUT2D eigenvalue weighted by molar-refractivity contribution is 0.260. The Morgan fingerprint density at radius 1 is 1.26 bits per heavy atom. The third-order valence-corrected chi connectivity index (χ3v) is 4.27. The van der Waals surface area contributed by atoms with Crippen molar-refractivity contribution in [2.24, 2.45) is 5.92 Å². The number of benzene rings is 1. The van der Waals surface area contributed by atoms with Crippen molar-refractivity contribution in [2.75, 3.05) is 24.6 Å². The highest BCUT2D eigenvalue weighted by Crippen LogP contribution is 2.28. The molecule has 1 unspecified atom stereocenters. The predicted octanol–water partition coefficient (Wildman–Crippen LogP) is 3.78. The van der Waals surface area contributed by atoms with Crippen LogP contribution >= 0.6 is 11.6 Å². The zero-order chi connectivity index (χ0) is 15.6. The number of aromatic nitrogens is 2. The Morgan fingerprint density at radius 3 is 3.00 bits per heavy atom. The summed E-state index contributed by atoms with van der Waals surface area (Å²) in [6.07, 6.45) is 4.53. The van der Waals surface area contributed by atoms with E-state index in [0.717, 1.165) is 36.4 Å². The van der Waals surface area contributed by atoms with E-state index in [1.54, 1.807) is 18.5 Å². The highest BCUT2D eigenvalue weighted by molar-refractivity contribution is 6.31. The number of ether oxygens (including phenoxy) is 1. The minimum absolute atomic E-state index is 0.460.